The summed E-state index contributed by atoms with van der Waals surface area (Å²) in [5.41, 5.74) is 0.643. The number of rotatable bonds is 12. The molecule has 1 atom stereocenters. The van der Waals surface area contributed by atoms with Crippen molar-refractivity contribution in [2.45, 2.75) is 19.4 Å². The topological polar surface area (TPSA) is 83.1 Å². The van der Waals surface area contributed by atoms with Gasteiger partial charge in [-0.15, -0.1) is 0 Å². The van der Waals surface area contributed by atoms with Crippen LogP contribution in [0.3, 0.4) is 0 Å². The fraction of sp³-hybridized carbons (Fsp3) is 0.364. The van der Waals surface area contributed by atoms with Gasteiger partial charge < -0.3 is 24.3 Å². The maximum Gasteiger partial charge on any atom is 0.514 e. The number of amides is 1. The third-order valence-electron chi connectivity index (χ3n) is 3.80. The van der Waals surface area contributed by atoms with Crippen LogP contribution in [0.4, 0.5) is 10.5 Å². The fourth-order valence-corrected chi connectivity index (χ4v) is 2.77. The van der Waals surface area contributed by atoms with Crippen molar-refractivity contribution >= 4 is 29.5 Å². The van der Waals surface area contributed by atoms with Crippen LogP contribution in [0.2, 0.25) is 0 Å². The van der Waals surface area contributed by atoms with Crippen molar-refractivity contribution in [2.75, 3.05) is 37.1 Å². The zero-order valence-corrected chi connectivity index (χ0v) is 18.0. The minimum absolute atomic E-state index is 0.0530. The SMILES string of the molecule is CCOCC(COc1cccc(NC(=O)CCSC)c1)OC(=O)Oc1ccccc1. The Labute approximate surface area is 181 Å². The lowest BCUT2D eigenvalue weighted by Gasteiger charge is -2.18. The highest BCUT2D eigenvalue weighted by atomic mass is 32.2. The Balaban J connectivity index is 1.89. The van der Waals surface area contributed by atoms with Crippen LogP contribution in [0.15, 0.2) is 54.6 Å². The first kappa shape index (κ1) is 23.6. The van der Waals surface area contributed by atoms with E-state index in [9.17, 15) is 9.59 Å². The zero-order valence-electron chi connectivity index (χ0n) is 17.2. The van der Waals surface area contributed by atoms with Gasteiger partial charge in [-0.3, -0.25) is 4.79 Å². The molecular weight excluding hydrogens is 406 g/mol. The van der Waals surface area contributed by atoms with Crippen LogP contribution >= 0.6 is 11.8 Å². The molecule has 0 aromatic heterocycles. The molecule has 0 aliphatic carbocycles. The van der Waals surface area contributed by atoms with E-state index in [0.29, 0.717) is 30.2 Å². The predicted octanol–water partition coefficient (Wildman–Crippen LogP) is 4.38. The van der Waals surface area contributed by atoms with Gasteiger partial charge in [0.05, 0.1) is 6.61 Å². The molecule has 7 nitrogen and oxygen atoms in total. The Morgan fingerprint density at radius 1 is 1.03 bits per heavy atom. The van der Waals surface area contributed by atoms with Crippen LogP contribution in [0.1, 0.15) is 13.3 Å². The lowest BCUT2D eigenvalue weighted by atomic mass is 10.3. The summed E-state index contributed by atoms with van der Waals surface area (Å²) in [7, 11) is 0. The van der Waals surface area contributed by atoms with E-state index in [0.717, 1.165) is 5.75 Å². The molecule has 0 bridgehead atoms. The van der Waals surface area contributed by atoms with Gasteiger partial charge in [-0.2, -0.15) is 11.8 Å². The highest BCUT2D eigenvalue weighted by Gasteiger charge is 2.18. The Hall–Kier alpha value is -2.71. The minimum Gasteiger partial charge on any atom is -0.490 e. The van der Waals surface area contributed by atoms with E-state index in [2.05, 4.69) is 5.32 Å². The summed E-state index contributed by atoms with van der Waals surface area (Å²) in [6.07, 6.45) is 0.920. The second kappa shape index (κ2) is 13.5. The highest BCUT2D eigenvalue weighted by Crippen LogP contribution is 2.18. The number of hydrogen-bond acceptors (Lipinski definition) is 7. The first-order valence-electron chi connectivity index (χ1n) is 9.63. The molecular formula is C22H27NO6S. The minimum atomic E-state index is -0.829. The molecule has 0 fully saturated rings. The van der Waals surface area contributed by atoms with Crippen LogP contribution in [-0.4, -0.2) is 50.0 Å². The van der Waals surface area contributed by atoms with Gasteiger partial charge in [-0.1, -0.05) is 24.3 Å². The average Bonchev–Trinajstić information content (AvgIpc) is 2.75. The quantitative estimate of drug-likeness (QED) is 0.393. The van der Waals surface area contributed by atoms with Gasteiger partial charge in [0.1, 0.15) is 18.1 Å². The van der Waals surface area contributed by atoms with E-state index in [1.807, 2.05) is 19.2 Å². The number of carbonyl (C=O) groups excluding carboxylic acids is 2. The van der Waals surface area contributed by atoms with E-state index in [4.69, 9.17) is 18.9 Å². The van der Waals surface area contributed by atoms with E-state index in [1.54, 1.807) is 60.3 Å². The third-order valence-corrected chi connectivity index (χ3v) is 4.41. The Kier molecular flexibility index (Phi) is 10.6. The summed E-state index contributed by atoms with van der Waals surface area (Å²) < 4.78 is 21.6. The first-order chi connectivity index (χ1) is 14.6. The molecule has 0 aliphatic heterocycles. The maximum absolute atomic E-state index is 12.1. The van der Waals surface area contributed by atoms with E-state index >= 15 is 0 Å². The molecule has 1 amide bonds. The molecule has 2 aromatic carbocycles. The lowest BCUT2D eigenvalue weighted by molar-refractivity contribution is -0.115. The normalized spacial score (nSPS) is 11.4. The molecule has 0 aliphatic rings. The maximum atomic E-state index is 12.1. The molecule has 1 unspecified atom stereocenters. The van der Waals surface area contributed by atoms with Crippen LogP contribution < -0.4 is 14.8 Å². The van der Waals surface area contributed by atoms with Gasteiger partial charge >= 0.3 is 6.16 Å². The molecule has 8 heteroatoms. The number of benzene rings is 2. The largest absolute Gasteiger partial charge is 0.514 e. The number of ether oxygens (including phenoxy) is 4. The molecule has 2 rings (SSSR count). The molecule has 162 valence electrons. The van der Waals surface area contributed by atoms with E-state index in [-0.39, 0.29) is 19.1 Å². The number of thioether (sulfide) groups is 1. The number of hydrogen-bond donors (Lipinski definition) is 1. The van der Waals surface area contributed by atoms with Gasteiger partial charge in [-0.05, 0) is 37.4 Å². The van der Waals surface area contributed by atoms with Gasteiger partial charge in [0.15, 0.2) is 6.10 Å². The molecule has 1 N–H and O–H groups in total. The first-order valence-corrected chi connectivity index (χ1v) is 11.0. The van der Waals surface area contributed by atoms with Crippen LogP contribution in [0, 0.1) is 0 Å². The van der Waals surface area contributed by atoms with Crippen molar-refractivity contribution in [1.29, 1.82) is 0 Å². The van der Waals surface area contributed by atoms with Crippen molar-refractivity contribution in [3.05, 3.63) is 54.6 Å². The summed E-state index contributed by atoms with van der Waals surface area (Å²) in [5, 5.41) is 2.84. The van der Waals surface area contributed by atoms with Crippen molar-refractivity contribution < 1.29 is 28.5 Å². The fourth-order valence-electron chi connectivity index (χ4n) is 2.38. The van der Waals surface area contributed by atoms with Crippen LogP contribution in [0.5, 0.6) is 11.5 Å². The third kappa shape index (κ3) is 9.19. The van der Waals surface area contributed by atoms with Gasteiger partial charge in [-0.25, -0.2) is 4.79 Å². The second-order valence-corrected chi connectivity index (χ2v) is 7.18. The molecule has 0 spiro atoms. The number of para-hydroxylation sites is 1. The summed E-state index contributed by atoms with van der Waals surface area (Å²) >= 11 is 1.62. The molecule has 0 saturated carbocycles. The lowest BCUT2D eigenvalue weighted by Crippen LogP contribution is -2.31. The summed E-state index contributed by atoms with van der Waals surface area (Å²) in [5.74, 6) is 1.64. The van der Waals surface area contributed by atoms with Crippen LogP contribution in [-0.2, 0) is 14.3 Å². The molecule has 0 saturated heterocycles. The predicted molar refractivity (Wildman–Crippen MR) is 117 cm³/mol. The molecule has 30 heavy (non-hydrogen) atoms. The molecule has 0 heterocycles. The highest BCUT2D eigenvalue weighted by molar-refractivity contribution is 7.98. The molecule has 2 aromatic rings. The summed E-state index contributed by atoms with van der Waals surface area (Å²) in [4.78, 5) is 23.9. The van der Waals surface area contributed by atoms with Crippen LogP contribution in [0.25, 0.3) is 0 Å². The Bertz CT molecular complexity index is 786. The van der Waals surface area contributed by atoms with E-state index in [1.165, 1.54) is 0 Å². The second-order valence-electron chi connectivity index (χ2n) is 6.19. The van der Waals surface area contributed by atoms with Gasteiger partial charge in [0, 0.05) is 30.5 Å². The van der Waals surface area contributed by atoms with Crippen molar-refractivity contribution in [1.82, 2.24) is 0 Å². The standard InChI is InChI=1S/C22H27NO6S/c1-3-26-15-20(29-22(25)28-18-9-5-4-6-10-18)16-27-19-11-7-8-17(14-19)23-21(24)12-13-30-2/h4-11,14,20H,3,12-13,15-16H2,1-2H3,(H,23,24). The summed E-state index contributed by atoms with van der Waals surface area (Å²) in [6, 6.07) is 15.7. The van der Waals surface area contributed by atoms with Crippen molar-refractivity contribution in [3.63, 3.8) is 0 Å². The Morgan fingerprint density at radius 3 is 2.53 bits per heavy atom. The molecule has 0 radical (unpaired) electrons. The number of nitrogens with one attached hydrogen (secondary N) is 1. The van der Waals surface area contributed by atoms with E-state index < -0.39 is 12.3 Å². The summed E-state index contributed by atoms with van der Waals surface area (Å²) in [6.45, 7) is 2.58. The number of anilines is 1. The van der Waals surface area contributed by atoms with Gasteiger partial charge in [0.2, 0.25) is 5.91 Å². The smallest absolute Gasteiger partial charge is 0.490 e. The monoisotopic (exact) mass is 433 g/mol. The zero-order chi connectivity index (χ0) is 21.6. The Morgan fingerprint density at radius 2 is 1.80 bits per heavy atom. The van der Waals surface area contributed by atoms with Crippen molar-refractivity contribution in [3.8, 4) is 11.5 Å². The average molecular weight is 434 g/mol. The van der Waals surface area contributed by atoms with Gasteiger partial charge in [0.25, 0.3) is 0 Å². The number of carbonyl (C=O) groups is 2. The van der Waals surface area contributed by atoms with Crippen molar-refractivity contribution in [2.24, 2.45) is 0 Å².